The smallest absolute Gasteiger partial charge is 0.226 e. The number of nitrogens with one attached hydrogen (secondary N) is 2. The van der Waals surface area contributed by atoms with Gasteiger partial charge in [-0.05, 0) is 91.8 Å². The zero-order valence-corrected chi connectivity index (χ0v) is 38.1. The second kappa shape index (κ2) is 17.7. The van der Waals surface area contributed by atoms with Gasteiger partial charge in [0.15, 0.2) is 16.8 Å². The Hall–Kier alpha value is -5.72. The van der Waals surface area contributed by atoms with Crippen LogP contribution in [0.4, 0.5) is 0 Å². The Kier molecular flexibility index (Phi) is 12.0. The number of nitrogens with zero attached hydrogens (tertiary/aromatic N) is 1. The molecule has 16 nitrogen and oxygen atoms in total. The van der Waals surface area contributed by atoms with Gasteiger partial charge < -0.3 is 59.8 Å². The van der Waals surface area contributed by atoms with Crippen molar-refractivity contribution in [1.82, 2.24) is 14.9 Å². The van der Waals surface area contributed by atoms with Gasteiger partial charge in [0.05, 0.1) is 22.9 Å². The summed E-state index contributed by atoms with van der Waals surface area (Å²) in [6.07, 6.45) is 6.83. The highest BCUT2D eigenvalue weighted by molar-refractivity contribution is 5.93. The van der Waals surface area contributed by atoms with Gasteiger partial charge in [-0.25, -0.2) is 9.78 Å². The van der Waals surface area contributed by atoms with Crippen molar-refractivity contribution < 1.29 is 59.5 Å². The van der Waals surface area contributed by atoms with Crippen LogP contribution in [0.2, 0.25) is 0 Å². The molecule has 16 heteroatoms. The number of aromatic hydroxyl groups is 2. The van der Waals surface area contributed by atoms with Gasteiger partial charge in [0, 0.05) is 66.3 Å². The summed E-state index contributed by atoms with van der Waals surface area (Å²) in [6.45, 7) is 2.60. The molecule has 1 saturated heterocycles. The summed E-state index contributed by atoms with van der Waals surface area (Å²) in [5.41, 5.74) is -0.610. The van der Waals surface area contributed by atoms with Crippen LogP contribution in [0.1, 0.15) is 74.5 Å². The number of aliphatic hydroxyl groups is 5. The standard InChI is InChI=1S/C52H59N3O13/c1-3-39-34-13-17-53-38(34)25-55(39)44-46-31(19-36-41(59)18-28(2)66-47(36)44)20-43(52(67-46)16-7-8-30(23-52)37-24-54-49(63)50(37)14-5-4-6-15-50)68-65-27-51(64,48(62)45(61)42(60)26-56)22-29-9-12-40(58)33-11-10-32(57)21-35(29)33/h7-13,17-19,21,25,30,37,42-43,45,48,53,56-58,60-62,64H,3-6,14-16,20,22-24,26-27H2,1-2H3,(H,54,63)/t30-,37+,42-,43-,45-,48+,51+,52-/m1/s1. The first-order valence-corrected chi connectivity index (χ1v) is 23.7. The zero-order valence-electron chi connectivity index (χ0n) is 38.1. The van der Waals surface area contributed by atoms with Crippen molar-refractivity contribution in [2.75, 3.05) is 19.8 Å². The molecular formula is C52H59N3O13. The number of hydrogen-bond acceptors (Lipinski definition) is 13. The quantitative estimate of drug-likeness (QED) is 0.0411. The Balaban J connectivity index is 1.07. The van der Waals surface area contributed by atoms with Crippen LogP contribution < -0.4 is 15.5 Å². The zero-order chi connectivity index (χ0) is 47.7. The van der Waals surface area contributed by atoms with Crippen molar-refractivity contribution in [3.05, 3.63) is 106 Å². The van der Waals surface area contributed by atoms with E-state index in [1.54, 1.807) is 13.0 Å². The van der Waals surface area contributed by atoms with Gasteiger partial charge in [0.25, 0.3) is 0 Å². The van der Waals surface area contributed by atoms with Crippen LogP contribution in [0, 0.1) is 24.2 Å². The van der Waals surface area contributed by atoms with Crippen molar-refractivity contribution >= 4 is 38.6 Å². The van der Waals surface area contributed by atoms with E-state index in [4.69, 9.17) is 18.9 Å². The van der Waals surface area contributed by atoms with Crippen molar-refractivity contribution in [2.24, 2.45) is 17.3 Å². The Labute approximate surface area is 391 Å². The van der Waals surface area contributed by atoms with Crippen molar-refractivity contribution in [1.29, 1.82) is 0 Å². The minimum Gasteiger partial charge on any atom is -0.508 e. The number of benzene rings is 3. The largest absolute Gasteiger partial charge is 0.508 e. The maximum absolute atomic E-state index is 13.9. The number of allylic oxidation sites excluding steroid dienone is 1. The van der Waals surface area contributed by atoms with Crippen LogP contribution in [-0.2, 0) is 33.8 Å². The molecule has 2 aliphatic carbocycles. The minimum absolute atomic E-state index is 0.0386. The number of aromatic nitrogens is 2. The van der Waals surface area contributed by atoms with Gasteiger partial charge in [-0.3, -0.25) is 9.59 Å². The molecule has 360 valence electrons. The number of H-pyrrole nitrogens is 1. The molecule has 5 heterocycles. The molecule has 4 aliphatic rings. The van der Waals surface area contributed by atoms with Crippen LogP contribution in [0.25, 0.3) is 38.3 Å². The van der Waals surface area contributed by atoms with E-state index in [0.717, 1.165) is 48.7 Å². The average Bonchev–Trinajstić information content (AvgIpc) is 4.02. The molecule has 6 aromatic rings. The van der Waals surface area contributed by atoms with Gasteiger partial charge in [-0.1, -0.05) is 44.4 Å². The molecule has 1 amide bonds. The van der Waals surface area contributed by atoms with Crippen LogP contribution >= 0.6 is 0 Å². The van der Waals surface area contributed by atoms with Crippen molar-refractivity contribution in [2.45, 2.75) is 114 Å². The third-order valence-electron chi connectivity index (χ3n) is 15.5. The Morgan fingerprint density at radius 1 is 0.985 bits per heavy atom. The highest BCUT2D eigenvalue weighted by Gasteiger charge is 2.57. The second-order valence-electron chi connectivity index (χ2n) is 19.6. The first-order valence-electron chi connectivity index (χ1n) is 23.7. The van der Waals surface area contributed by atoms with E-state index in [2.05, 4.69) is 29.4 Å². The molecule has 0 bridgehead atoms. The topological polar surface area (TPSA) is 249 Å². The Bertz CT molecular complexity index is 2990. The summed E-state index contributed by atoms with van der Waals surface area (Å²) in [7, 11) is 0. The van der Waals surface area contributed by atoms with Crippen LogP contribution in [-0.4, -0.2) is 107 Å². The number of hydrogen-bond donors (Lipinski definition) is 9. The summed E-state index contributed by atoms with van der Waals surface area (Å²) in [5, 5.41) is 81.6. The van der Waals surface area contributed by atoms with E-state index < -0.39 is 60.7 Å². The van der Waals surface area contributed by atoms with Gasteiger partial charge in [0.1, 0.15) is 65.2 Å². The van der Waals surface area contributed by atoms with Crippen LogP contribution in [0.15, 0.2) is 82.3 Å². The highest BCUT2D eigenvalue weighted by atomic mass is 17.2. The summed E-state index contributed by atoms with van der Waals surface area (Å²) < 4.78 is 16.0. The molecule has 2 spiro atoms. The van der Waals surface area contributed by atoms with E-state index in [1.807, 2.05) is 23.0 Å². The number of aliphatic hydroxyl groups excluding tert-OH is 4. The number of amides is 1. The van der Waals surface area contributed by atoms with E-state index in [1.165, 1.54) is 36.4 Å². The maximum atomic E-state index is 13.9. The van der Waals surface area contributed by atoms with Gasteiger partial charge in [-0.15, -0.1) is 0 Å². The minimum atomic E-state index is -2.42. The molecule has 0 unspecified atom stereocenters. The molecule has 3 aromatic carbocycles. The molecule has 3 aromatic heterocycles. The molecule has 1 saturated carbocycles. The molecular weight excluding hydrogens is 875 g/mol. The molecule has 10 rings (SSSR count). The van der Waals surface area contributed by atoms with Crippen LogP contribution in [0.5, 0.6) is 17.2 Å². The molecule has 8 atom stereocenters. The lowest BCUT2D eigenvalue weighted by Gasteiger charge is -2.49. The summed E-state index contributed by atoms with van der Waals surface area (Å²) >= 11 is 0. The Morgan fingerprint density at radius 3 is 2.57 bits per heavy atom. The normalized spacial score (nSPS) is 24.6. The predicted octanol–water partition coefficient (Wildman–Crippen LogP) is 5.20. The number of aromatic amines is 1. The predicted molar refractivity (Wildman–Crippen MR) is 251 cm³/mol. The average molecular weight is 934 g/mol. The lowest BCUT2D eigenvalue weighted by Crippen LogP contribution is -2.58. The SMILES string of the molecule is CCc1c2cc[nH]c2cn1-c1c2c(cc3c(=O)cc(C)oc13)C[C@@H](OOC[C@@](O)(Cc1ccc(O)c3ccc(O)cc13)[C@@H](O)[C@H](O)[C@H](O)CO)[C@]1(CC=C[C@@H]([C@@H]3CNC(=O)C34CCCCC4)C1)O2. The monoisotopic (exact) mass is 933 g/mol. The number of fused-ring (bicyclic) bond motifs is 4. The number of rotatable bonds is 13. The first kappa shape index (κ1) is 46.0. The fourth-order valence-electron chi connectivity index (χ4n) is 12.0. The lowest BCUT2D eigenvalue weighted by atomic mass is 9.60. The molecule has 9 N–H and O–H groups in total. The first-order chi connectivity index (χ1) is 32.7. The van der Waals surface area contributed by atoms with Gasteiger partial charge in [-0.2, -0.15) is 0 Å². The number of ether oxygens (including phenoxy) is 1. The van der Waals surface area contributed by atoms with Gasteiger partial charge in [0.2, 0.25) is 5.91 Å². The molecule has 2 fully saturated rings. The Morgan fingerprint density at radius 2 is 1.79 bits per heavy atom. The van der Waals surface area contributed by atoms with E-state index in [9.17, 15) is 45.3 Å². The second-order valence-corrected chi connectivity index (χ2v) is 19.6. The van der Waals surface area contributed by atoms with Crippen molar-refractivity contribution in [3.63, 3.8) is 0 Å². The van der Waals surface area contributed by atoms with Gasteiger partial charge >= 0.3 is 0 Å². The summed E-state index contributed by atoms with van der Waals surface area (Å²) in [6, 6.07) is 12.4. The summed E-state index contributed by atoms with van der Waals surface area (Å²) in [5.74, 6) is 0.615. The number of aryl methyl sites for hydroxylation is 2. The number of phenolic OH excluding ortho intramolecular Hbond substituents is 2. The fourth-order valence-corrected chi connectivity index (χ4v) is 12.0. The van der Waals surface area contributed by atoms with Crippen molar-refractivity contribution in [3.8, 4) is 22.9 Å². The highest BCUT2D eigenvalue weighted by Crippen LogP contribution is 2.54. The number of carbonyl (C=O) groups excluding carboxylic acids is 1. The number of phenols is 2. The fraction of sp³-hybridized carbons (Fsp3) is 0.462. The van der Waals surface area contributed by atoms with E-state index >= 15 is 0 Å². The summed E-state index contributed by atoms with van der Waals surface area (Å²) in [4.78, 5) is 43.5. The van der Waals surface area contributed by atoms with Crippen LogP contribution in [0.3, 0.4) is 0 Å². The molecule has 2 aliphatic heterocycles. The molecule has 68 heavy (non-hydrogen) atoms. The van der Waals surface area contributed by atoms with E-state index in [-0.39, 0.29) is 41.1 Å². The van der Waals surface area contributed by atoms with E-state index in [0.29, 0.717) is 75.9 Å². The maximum Gasteiger partial charge on any atom is 0.226 e. The third-order valence-corrected chi connectivity index (χ3v) is 15.5. The number of carbonyl (C=O) groups is 1. The lowest BCUT2D eigenvalue weighted by molar-refractivity contribution is -0.373. The molecule has 0 radical (unpaired) electrons. The third kappa shape index (κ3) is 7.66.